The molecule has 1 fully saturated rings. The van der Waals surface area contributed by atoms with Gasteiger partial charge in [-0.05, 0) is 37.1 Å². The van der Waals surface area contributed by atoms with Crippen molar-refractivity contribution in [1.82, 2.24) is 0 Å². The summed E-state index contributed by atoms with van der Waals surface area (Å²) < 4.78 is 0. The average molecular weight is 197 g/mol. The first kappa shape index (κ1) is 12.0. The Morgan fingerprint density at radius 3 is 2.36 bits per heavy atom. The first-order valence-corrected chi connectivity index (χ1v) is 6.46. The summed E-state index contributed by atoms with van der Waals surface area (Å²) in [6, 6.07) is 0. The van der Waals surface area contributed by atoms with Crippen LogP contribution in [0.25, 0.3) is 0 Å². The predicted molar refractivity (Wildman–Crippen MR) is 63.3 cm³/mol. The fourth-order valence-electron chi connectivity index (χ4n) is 2.72. The molecule has 0 spiro atoms. The molecule has 0 saturated heterocycles. The summed E-state index contributed by atoms with van der Waals surface area (Å²) in [5.41, 5.74) is 6.46. The third-order valence-corrected chi connectivity index (χ3v) is 4.11. The molecule has 1 heteroatoms. The van der Waals surface area contributed by atoms with Crippen molar-refractivity contribution < 1.29 is 0 Å². The Balaban J connectivity index is 2.30. The first-order valence-electron chi connectivity index (χ1n) is 6.46. The molecule has 1 saturated carbocycles. The van der Waals surface area contributed by atoms with Gasteiger partial charge >= 0.3 is 0 Å². The first-order chi connectivity index (χ1) is 6.76. The summed E-state index contributed by atoms with van der Waals surface area (Å²) in [5.74, 6) is 0.943. The zero-order valence-corrected chi connectivity index (χ0v) is 10.0. The van der Waals surface area contributed by atoms with Gasteiger partial charge in [0.05, 0.1) is 0 Å². The molecular weight excluding hydrogens is 170 g/mol. The van der Waals surface area contributed by atoms with Gasteiger partial charge in [-0.3, -0.25) is 0 Å². The van der Waals surface area contributed by atoms with E-state index in [1.54, 1.807) is 0 Å². The van der Waals surface area contributed by atoms with Gasteiger partial charge in [-0.2, -0.15) is 0 Å². The Hall–Kier alpha value is -0.0400. The van der Waals surface area contributed by atoms with Crippen molar-refractivity contribution in [2.24, 2.45) is 17.1 Å². The number of rotatable bonds is 7. The molecule has 0 aromatic heterocycles. The topological polar surface area (TPSA) is 26.0 Å². The lowest BCUT2D eigenvalue weighted by molar-refractivity contribution is 0.0983. The molecule has 1 unspecified atom stereocenters. The number of nitrogens with two attached hydrogens (primary N) is 1. The second-order valence-corrected chi connectivity index (χ2v) is 5.18. The Morgan fingerprint density at radius 1 is 1.29 bits per heavy atom. The second-order valence-electron chi connectivity index (χ2n) is 5.18. The van der Waals surface area contributed by atoms with Crippen LogP contribution >= 0.6 is 0 Å². The molecule has 0 amide bonds. The SMILES string of the molecule is CCCCC(CC)CC1(CN)CCC1. The van der Waals surface area contributed by atoms with Gasteiger partial charge in [0.15, 0.2) is 0 Å². The van der Waals surface area contributed by atoms with Crippen molar-refractivity contribution in [2.45, 2.75) is 65.2 Å². The Morgan fingerprint density at radius 2 is 2.00 bits per heavy atom. The van der Waals surface area contributed by atoms with Crippen LogP contribution in [-0.2, 0) is 0 Å². The van der Waals surface area contributed by atoms with Crippen LogP contribution in [0, 0.1) is 11.3 Å². The van der Waals surface area contributed by atoms with Crippen LogP contribution in [0.3, 0.4) is 0 Å². The molecule has 1 atom stereocenters. The van der Waals surface area contributed by atoms with E-state index >= 15 is 0 Å². The van der Waals surface area contributed by atoms with Crippen LogP contribution < -0.4 is 5.73 Å². The lowest BCUT2D eigenvalue weighted by Crippen LogP contribution is -2.38. The van der Waals surface area contributed by atoms with Crippen molar-refractivity contribution in [3.63, 3.8) is 0 Å². The maximum Gasteiger partial charge on any atom is -0.00204 e. The summed E-state index contributed by atoms with van der Waals surface area (Å²) in [4.78, 5) is 0. The van der Waals surface area contributed by atoms with Gasteiger partial charge < -0.3 is 5.73 Å². The molecule has 0 aromatic rings. The zero-order valence-electron chi connectivity index (χ0n) is 10.0. The van der Waals surface area contributed by atoms with E-state index in [4.69, 9.17) is 5.73 Å². The Kier molecular flexibility index (Phi) is 4.94. The number of unbranched alkanes of at least 4 members (excludes halogenated alkanes) is 1. The molecule has 0 aromatic carbocycles. The third kappa shape index (κ3) is 2.98. The highest BCUT2D eigenvalue weighted by atomic mass is 14.6. The molecular formula is C13H27N. The molecule has 0 bridgehead atoms. The van der Waals surface area contributed by atoms with Crippen LogP contribution in [0.15, 0.2) is 0 Å². The monoisotopic (exact) mass is 197 g/mol. The van der Waals surface area contributed by atoms with E-state index in [0.717, 1.165) is 12.5 Å². The molecule has 1 nitrogen and oxygen atoms in total. The fourth-order valence-corrected chi connectivity index (χ4v) is 2.72. The molecule has 0 radical (unpaired) electrons. The third-order valence-electron chi connectivity index (χ3n) is 4.11. The lowest BCUT2D eigenvalue weighted by atomic mass is 9.63. The van der Waals surface area contributed by atoms with E-state index < -0.39 is 0 Å². The van der Waals surface area contributed by atoms with Crippen LogP contribution in [0.2, 0.25) is 0 Å². The van der Waals surface area contributed by atoms with Crippen molar-refractivity contribution in [1.29, 1.82) is 0 Å². The van der Waals surface area contributed by atoms with Crippen LogP contribution in [-0.4, -0.2) is 6.54 Å². The summed E-state index contributed by atoms with van der Waals surface area (Å²) in [6.07, 6.45) is 11.1. The summed E-state index contributed by atoms with van der Waals surface area (Å²) in [7, 11) is 0. The van der Waals surface area contributed by atoms with Gasteiger partial charge in [0, 0.05) is 0 Å². The zero-order chi connectivity index (χ0) is 10.4. The van der Waals surface area contributed by atoms with E-state index in [-0.39, 0.29) is 0 Å². The molecule has 84 valence electrons. The minimum atomic E-state index is 0.564. The van der Waals surface area contributed by atoms with Crippen LogP contribution in [0.4, 0.5) is 0 Å². The van der Waals surface area contributed by atoms with Gasteiger partial charge in [0.2, 0.25) is 0 Å². The van der Waals surface area contributed by atoms with Crippen molar-refractivity contribution in [2.75, 3.05) is 6.54 Å². The Bertz CT molecular complexity index is 144. The second kappa shape index (κ2) is 5.75. The van der Waals surface area contributed by atoms with Crippen LogP contribution in [0.5, 0.6) is 0 Å². The standard InChI is InChI=1S/C13H27N/c1-3-5-7-12(4-2)10-13(11-14)8-6-9-13/h12H,3-11,14H2,1-2H3. The molecule has 1 rings (SSSR count). The average Bonchev–Trinajstić information content (AvgIpc) is 2.16. The highest BCUT2D eigenvalue weighted by Crippen LogP contribution is 2.46. The van der Waals surface area contributed by atoms with Crippen molar-refractivity contribution in [3.8, 4) is 0 Å². The highest BCUT2D eigenvalue weighted by Gasteiger charge is 2.36. The molecule has 1 aliphatic carbocycles. The van der Waals surface area contributed by atoms with E-state index in [0.29, 0.717) is 5.41 Å². The maximum absolute atomic E-state index is 5.90. The van der Waals surface area contributed by atoms with Crippen molar-refractivity contribution in [3.05, 3.63) is 0 Å². The minimum absolute atomic E-state index is 0.564. The van der Waals surface area contributed by atoms with Gasteiger partial charge in [0.1, 0.15) is 0 Å². The number of hydrogen-bond donors (Lipinski definition) is 1. The smallest absolute Gasteiger partial charge is 0.00204 e. The van der Waals surface area contributed by atoms with E-state index in [2.05, 4.69) is 13.8 Å². The van der Waals surface area contributed by atoms with E-state index in [1.807, 2.05) is 0 Å². The van der Waals surface area contributed by atoms with Gasteiger partial charge in [-0.15, -0.1) is 0 Å². The quantitative estimate of drug-likeness (QED) is 0.661. The Labute approximate surface area is 89.5 Å². The van der Waals surface area contributed by atoms with Crippen molar-refractivity contribution >= 4 is 0 Å². The summed E-state index contributed by atoms with van der Waals surface area (Å²) in [5, 5.41) is 0. The van der Waals surface area contributed by atoms with Gasteiger partial charge in [-0.25, -0.2) is 0 Å². The maximum atomic E-state index is 5.90. The van der Waals surface area contributed by atoms with Crippen LogP contribution in [0.1, 0.15) is 65.2 Å². The van der Waals surface area contributed by atoms with Gasteiger partial charge in [-0.1, -0.05) is 46.0 Å². The fraction of sp³-hybridized carbons (Fsp3) is 1.00. The summed E-state index contributed by atoms with van der Waals surface area (Å²) in [6.45, 7) is 5.55. The summed E-state index contributed by atoms with van der Waals surface area (Å²) >= 11 is 0. The predicted octanol–water partition coefficient (Wildman–Crippen LogP) is 3.72. The molecule has 1 aliphatic rings. The highest BCUT2D eigenvalue weighted by molar-refractivity contribution is 4.90. The molecule has 0 heterocycles. The lowest BCUT2D eigenvalue weighted by Gasteiger charge is -2.43. The minimum Gasteiger partial charge on any atom is -0.330 e. The molecule has 14 heavy (non-hydrogen) atoms. The molecule has 0 aliphatic heterocycles. The van der Waals surface area contributed by atoms with Gasteiger partial charge in [0.25, 0.3) is 0 Å². The van der Waals surface area contributed by atoms with E-state index in [9.17, 15) is 0 Å². The largest absolute Gasteiger partial charge is 0.330 e. The van der Waals surface area contributed by atoms with E-state index in [1.165, 1.54) is 51.4 Å². The molecule has 2 N–H and O–H groups in total. The normalized spacial score (nSPS) is 21.6. The number of hydrogen-bond acceptors (Lipinski definition) is 1.